The number of hydrogen-bond donors (Lipinski definition) is 0. The van der Waals surface area contributed by atoms with Crippen LogP contribution in [0.4, 0.5) is 0 Å². The van der Waals surface area contributed by atoms with Gasteiger partial charge < -0.3 is 0 Å². The van der Waals surface area contributed by atoms with Gasteiger partial charge in [-0.15, -0.1) is 0 Å². The monoisotopic (exact) mass is 224 g/mol. The van der Waals surface area contributed by atoms with E-state index in [4.69, 9.17) is 0 Å². The molecule has 0 heteroatoms. The van der Waals surface area contributed by atoms with Crippen molar-refractivity contribution < 1.29 is 0 Å². The molecular formula is C17H20. The van der Waals surface area contributed by atoms with Gasteiger partial charge in [0.25, 0.3) is 0 Å². The summed E-state index contributed by atoms with van der Waals surface area (Å²) < 4.78 is 0. The molecule has 0 aliphatic heterocycles. The van der Waals surface area contributed by atoms with Gasteiger partial charge in [-0.25, -0.2) is 0 Å². The molecule has 2 aromatic carbocycles. The van der Waals surface area contributed by atoms with E-state index in [0.717, 1.165) is 6.42 Å². The molecule has 0 saturated carbocycles. The van der Waals surface area contributed by atoms with Gasteiger partial charge in [-0.2, -0.15) is 0 Å². The molecule has 88 valence electrons. The highest BCUT2D eigenvalue weighted by Crippen LogP contribution is 2.26. The first-order chi connectivity index (χ1) is 8.27. The van der Waals surface area contributed by atoms with Crippen molar-refractivity contribution in [3.05, 3.63) is 71.8 Å². The van der Waals surface area contributed by atoms with E-state index in [0.29, 0.717) is 11.8 Å². The maximum Gasteiger partial charge on any atom is -0.0161 e. The van der Waals surface area contributed by atoms with Crippen LogP contribution in [0, 0.1) is 5.92 Å². The largest absolute Gasteiger partial charge is 0.0622 e. The third-order valence-corrected chi connectivity index (χ3v) is 3.58. The van der Waals surface area contributed by atoms with E-state index in [1.54, 1.807) is 0 Å². The van der Waals surface area contributed by atoms with Crippen LogP contribution >= 0.6 is 0 Å². The highest BCUT2D eigenvalue weighted by Gasteiger charge is 2.14. The molecular weight excluding hydrogens is 204 g/mol. The van der Waals surface area contributed by atoms with Crippen molar-refractivity contribution >= 4 is 0 Å². The highest BCUT2D eigenvalue weighted by molar-refractivity contribution is 5.21. The molecule has 2 aromatic rings. The molecule has 0 nitrogen and oxygen atoms in total. The van der Waals surface area contributed by atoms with Crippen molar-refractivity contribution in [2.24, 2.45) is 5.92 Å². The smallest absolute Gasteiger partial charge is 0.0161 e. The fourth-order valence-corrected chi connectivity index (χ4v) is 2.25. The molecule has 0 aromatic heterocycles. The van der Waals surface area contributed by atoms with Crippen molar-refractivity contribution in [1.82, 2.24) is 0 Å². The summed E-state index contributed by atoms with van der Waals surface area (Å²) in [5.74, 6) is 1.27. The SMILES string of the molecule is CC(c1ccccc1)[C@H](C)Cc1ccccc1. The molecule has 0 N–H and O–H groups in total. The van der Waals surface area contributed by atoms with Crippen molar-refractivity contribution in [1.29, 1.82) is 0 Å². The van der Waals surface area contributed by atoms with Gasteiger partial charge in [-0.1, -0.05) is 74.5 Å². The molecule has 0 saturated heterocycles. The normalized spacial score (nSPS) is 14.2. The van der Waals surface area contributed by atoms with Crippen LogP contribution < -0.4 is 0 Å². The zero-order valence-electron chi connectivity index (χ0n) is 10.6. The van der Waals surface area contributed by atoms with Gasteiger partial charge in [0.15, 0.2) is 0 Å². The van der Waals surface area contributed by atoms with Crippen LogP contribution in [-0.2, 0) is 6.42 Å². The quantitative estimate of drug-likeness (QED) is 0.708. The summed E-state index contributed by atoms with van der Waals surface area (Å²) in [5.41, 5.74) is 2.87. The summed E-state index contributed by atoms with van der Waals surface area (Å²) in [6.45, 7) is 4.66. The molecule has 0 radical (unpaired) electrons. The van der Waals surface area contributed by atoms with Gasteiger partial charge in [0, 0.05) is 0 Å². The Kier molecular flexibility index (Phi) is 3.98. The minimum Gasteiger partial charge on any atom is -0.0622 e. The second-order valence-electron chi connectivity index (χ2n) is 4.87. The minimum atomic E-state index is 0.608. The molecule has 17 heavy (non-hydrogen) atoms. The van der Waals surface area contributed by atoms with Gasteiger partial charge in [-0.05, 0) is 29.4 Å². The summed E-state index contributed by atoms with van der Waals surface area (Å²) >= 11 is 0. The van der Waals surface area contributed by atoms with Crippen molar-refractivity contribution in [3.8, 4) is 0 Å². The highest BCUT2D eigenvalue weighted by atomic mass is 14.2. The Bertz CT molecular complexity index is 430. The van der Waals surface area contributed by atoms with Crippen molar-refractivity contribution in [3.63, 3.8) is 0 Å². The first-order valence-corrected chi connectivity index (χ1v) is 6.36. The zero-order chi connectivity index (χ0) is 12.1. The van der Waals surface area contributed by atoms with E-state index in [2.05, 4.69) is 74.5 Å². The first kappa shape index (κ1) is 11.9. The summed E-state index contributed by atoms with van der Waals surface area (Å²) in [7, 11) is 0. The van der Waals surface area contributed by atoms with Crippen LogP contribution in [0.2, 0.25) is 0 Å². The zero-order valence-corrected chi connectivity index (χ0v) is 10.6. The lowest BCUT2D eigenvalue weighted by Gasteiger charge is -2.20. The molecule has 0 aliphatic carbocycles. The van der Waals surface area contributed by atoms with Gasteiger partial charge in [-0.3, -0.25) is 0 Å². The lowest BCUT2D eigenvalue weighted by molar-refractivity contribution is 0.485. The fraction of sp³-hybridized carbons (Fsp3) is 0.294. The standard InChI is InChI=1S/C17H20/c1-14(13-16-9-5-3-6-10-16)15(2)17-11-7-4-8-12-17/h3-12,14-15H,13H2,1-2H3/t14-,15?/m1/s1. The van der Waals surface area contributed by atoms with E-state index < -0.39 is 0 Å². The van der Waals surface area contributed by atoms with Crippen LogP contribution in [0.3, 0.4) is 0 Å². The Morgan fingerprint density at radius 2 is 1.29 bits per heavy atom. The second-order valence-corrected chi connectivity index (χ2v) is 4.87. The number of rotatable bonds is 4. The van der Waals surface area contributed by atoms with E-state index in [-0.39, 0.29) is 0 Å². The molecule has 2 rings (SSSR count). The molecule has 0 spiro atoms. The van der Waals surface area contributed by atoms with Crippen LogP contribution in [0.1, 0.15) is 30.9 Å². The fourth-order valence-electron chi connectivity index (χ4n) is 2.25. The molecule has 0 bridgehead atoms. The van der Waals surface area contributed by atoms with Crippen LogP contribution in [0.15, 0.2) is 60.7 Å². The molecule has 0 heterocycles. The maximum atomic E-state index is 2.34. The Hall–Kier alpha value is -1.56. The third kappa shape index (κ3) is 3.20. The van der Waals surface area contributed by atoms with Gasteiger partial charge >= 0.3 is 0 Å². The van der Waals surface area contributed by atoms with Crippen molar-refractivity contribution in [2.75, 3.05) is 0 Å². The van der Waals surface area contributed by atoms with E-state index in [9.17, 15) is 0 Å². The molecule has 1 unspecified atom stereocenters. The first-order valence-electron chi connectivity index (χ1n) is 6.36. The van der Waals surface area contributed by atoms with Gasteiger partial charge in [0.1, 0.15) is 0 Å². The topological polar surface area (TPSA) is 0 Å². The lowest BCUT2D eigenvalue weighted by Crippen LogP contribution is -2.09. The van der Waals surface area contributed by atoms with E-state index in [1.165, 1.54) is 11.1 Å². The Morgan fingerprint density at radius 1 is 0.765 bits per heavy atom. The average molecular weight is 224 g/mol. The minimum absolute atomic E-state index is 0.608. The van der Waals surface area contributed by atoms with Gasteiger partial charge in [0.05, 0.1) is 0 Å². The Labute approximate surface area is 104 Å². The number of benzene rings is 2. The predicted octanol–water partition coefficient (Wildman–Crippen LogP) is 4.67. The molecule has 0 amide bonds. The predicted molar refractivity (Wildman–Crippen MR) is 74.2 cm³/mol. The van der Waals surface area contributed by atoms with Gasteiger partial charge in [0.2, 0.25) is 0 Å². The summed E-state index contributed by atoms with van der Waals surface area (Å²) in [6, 6.07) is 21.5. The second kappa shape index (κ2) is 5.67. The maximum absolute atomic E-state index is 2.34. The lowest BCUT2D eigenvalue weighted by atomic mass is 9.85. The van der Waals surface area contributed by atoms with E-state index in [1.807, 2.05) is 0 Å². The van der Waals surface area contributed by atoms with Crippen LogP contribution in [0.25, 0.3) is 0 Å². The number of hydrogen-bond acceptors (Lipinski definition) is 0. The molecule has 2 atom stereocenters. The summed E-state index contributed by atoms with van der Waals surface area (Å²) in [5, 5.41) is 0. The van der Waals surface area contributed by atoms with Crippen LogP contribution in [0.5, 0.6) is 0 Å². The van der Waals surface area contributed by atoms with E-state index >= 15 is 0 Å². The molecule has 0 fully saturated rings. The summed E-state index contributed by atoms with van der Waals surface area (Å²) in [4.78, 5) is 0. The third-order valence-electron chi connectivity index (χ3n) is 3.58. The van der Waals surface area contributed by atoms with Crippen LogP contribution in [-0.4, -0.2) is 0 Å². The molecule has 0 aliphatic rings. The average Bonchev–Trinajstić information content (AvgIpc) is 2.40. The Balaban J connectivity index is 2.03. The summed E-state index contributed by atoms with van der Waals surface area (Å²) in [6.07, 6.45) is 1.15. The Morgan fingerprint density at radius 3 is 1.88 bits per heavy atom. The van der Waals surface area contributed by atoms with Crippen molar-refractivity contribution in [2.45, 2.75) is 26.2 Å².